The lowest BCUT2D eigenvalue weighted by molar-refractivity contribution is 1.13. The Bertz CT molecular complexity index is 228. The number of halogens is 1. The van der Waals surface area contributed by atoms with Crippen molar-refractivity contribution < 1.29 is 0 Å². The summed E-state index contributed by atoms with van der Waals surface area (Å²) in [7, 11) is 0. The van der Waals surface area contributed by atoms with Crippen LogP contribution >= 0.6 is 11.6 Å². The van der Waals surface area contributed by atoms with Gasteiger partial charge in [0.1, 0.15) is 0 Å². The van der Waals surface area contributed by atoms with Crippen LogP contribution in [0.2, 0.25) is 5.02 Å². The van der Waals surface area contributed by atoms with Gasteiger partial charge in [-0.1, -0.05) is 38.1 Å². The van der Waals surface area contributed by atoms with Crippen LogP contribution in [0.4, 0.5) is 0 Å². The van der Waals surface area contributed by atoms with Crippen LogP contribution in [0.25, 0.3) is 0 Å². The molecule has 0 saturated carbocycles. The first-order chi connectivity index (χ1) is 4.74. The maximum Gasteiger partial charge on any atom is 0.0435 e. The highest BCUT2D eigenvalue weighted by Gasteiger charge is 1.93. The van der Waals surface area contributed by atoms with Crippen LogP contribution in [-0.2, 0) is 6.42 Å². The highest BCUT2D eigenvalue weighted by Crippen LogP contribution is 2.16. The smallest absolute Gasteiger partial charge is 0.0435 e. The standard InChI is InChI=1S/C9H11Cl.CH4/c1-3-8-4-5-9(10)7(2)6-8;/h4-6H,3H2,1-2H3;1H4. The van der Waals surface area contributed by atoms with Gasteiger partial charge in [0.15, 0.2) is 0 Å². The molecule has 0 fully saturated rings. The molecule has 0 amide bonds. The fourth-order valence-corrected chi connectivity index (χ4v) is 1.04. The molecule has 0 aliphatic carbocycles. The number of hydrogen-bond acceptors (Lipinski definition) is 0. The fourth-order valence-electron chi connectivity index (χ4n) is 0.927. The monoisotopic (exact) mass is 170 g/mol. The van der Waals surface area contributed by atoms with E-state index in [0.29, 0.717) is 0 Å². The van der Waals surface area contributed by atoms with Gasteiger partial charge in [-0.2, -0.15) is 0 Å². The molecule has 0 aliphatic heterocycles. The molecule has 11 heavy (non-hydrogen) atoms. The van der Waals surface area contributed by atoms with Gasteiger partial charge in [0.2, 0.25) is 0 Å². The van der Waals surface area contributed by atoms with Crippen LogP contribution in [0.5, 0.6) is 0 Å². The first kappa shape index (κ1) is 10.5. The van der Waals surface area contributed by atoms with E-state index in [1.807, 2.05) is 13.0 Å². The van der Waals surface area contributed by atoms with Crippen LogP contribution in [-0.4, -0.2) is 0 Å². The Balaban J connectivity index is 0.000001000. The van der Waals surface area contributed by atoms with E-state index >= 15 is 0 Å². The summed E-state index contributed by atoms with van der Waals surface area (Å²) in [6.45, 7) is 4.17. The molecule has 0 unspecified atom stereocenters. The van der Waals surface area contributed by atoms with Crippen molar-refractivity contribution in [3.63, 3.8) is 0 Å². The summed E-state index contributed by atoms with van der Waals surface area (Å²) in [5.41, 5.74) is 2.52. The minimum Gasteiger partial charge on any atom is -0.0841 e. The van der Waals surface area contributed by atoms with Gasteiger partial charge in [0.25, 0.3) is 0 Å². The SMILES string of the molecule is C.CCc1ccc(Cl)c(C)c1. The lowest BCUT2D eigenvalue weighted by Crippen LogP contribution is -1.81. The topological polar surface area (TPSA) is 0 Å². The van der Waals surface area contributed by atoms with E-state index in [1.54, 1.807) is 0 Å². The van der Waals surface area contributed by atoms with Gasteiger partial charge in [0, 0.05) is 5.02 Å². The average Bonchev–Trinajstić information content (AvgIpc) is 1.95. The third kappa shape index (κ3) is 2.55. The second kappa shape index (κ2) is 4.40. The van der Waals surface area contributed by atoms with E-state index in [9.17, 15) is 0 Å². The Kier molecular flexibility index (Phi) is 4.20. The van der Waals surface area contributed by atoms with Gasteiger partial charge in [-0.15, -0.1) is 0 Å². The van der Waals surface area contributed by atoms with Crippen molar-refractivity contribution in [1.29, 1.82) is 0 Å². The molecule has 1 heteroatoms. The lowest BCUT2D eigenvalue weighted by Gasteiger charge is -1.99. The fraction of sp³-hybridized carbons (Fsp3) is 0.400. The zero-order chi connectivity index (χ0) is 7.56. The quantitative estimate of drug-likeness (QED) is 0.601. The van der Waals surface area contributed by atoms with Crippen molar-refractivity contribution in [3.05, 3.63) is 34.3 Å². The van der Waals surface area contributed by atoms with Crippen LogP contribution in [0.3, 0.4) is 0 Å². The zero-order valence-corrected chi connectivity index (χ0v) is 7.07. The van der Waals surface area contributed by atoms with Crippen molar-refractivity contribution in [2.45, 2.75) is 27.7 Å². The Labute approximate surface area is 74.2 Å². The van der Waals surface area contributed by atoms with Gasteiger partial charge in [-0.25, -0.2) is 0 Å². The predicted octanol–water partition coefficient (Wildman–Crippen LogP) is 3.85. The van der Waals surface area contributed by atoms with E-state index in [-0.39, 0.29) is 7.43 Å². The molecule has 0 atom stereocenters. The summed E-state index contributed by atoms with van der Waals surface area (Å²) >= 11 is 5.84. The first-order valence-electron chi connectivity index (χ1n) is 3.49. The van der Waals surface area contributed by atoms with Gasteiger partial charge >= 0.3 is 0 Å². The largest absolute Gasteiger partial charge is 0.0841 e. The molecule has 0 nitrogen and oxygen atoms in total. The van der Waals surface area contributed by atoms with E-state index in [1.165, 1.54) is 11.1 Å². The summed E-state index contributed by atoms with van der Waals surface area (Å²) in [6.07, 6.45) is 1.08. The zero-order valence-electron chi connectivity index (χ0n) is 6.32. The first-order valence-corrected chi connectivity index (χ1v) is 3.87. The molecular weight excluding hydrogens is 156 g/mol. The van der Waals surface area contributed by atoms with Crippen LogP contribution < -0.4 is 0 Å². The molecule has 0 aromatic heterocycles. The van der Waals surface area contributed by atoms with Gasteiger partial charge in [-0.3, -0.25) is 0 Å². The molecule has 0 aliphatic rings. The summed E-state index contributed by atoms with van der Waals surface area (Å²) < 4.78 is 0. The Morgan fingerprint density at radius 3 is 2.45 bits per heavy atom. The van der Waals surface area contributed by atoms with Crippen molar-refractivity contribution >= 4 is 11.6 Å². The molecule has 1 rings (SSSR count). The highest BCUT2D eigenvalue weighted by molar-refractivity contribution is 6.31. The van der Waals surface area contributed by atoms with Gasteiger partial charge < -0.3 is 0 Å². The van der Waals surface area contributed by atoms with E-state index in [0.717, 1.165) is 11.4 Å². The molecule has 0 bridgehead atoms. The van der Waals surface area contributed by atoms with E-state index < -0.39 is 0 Å². The van der Waals surface area contributed by atoms with E-state index in [4.69, 9.17) is 11.6 Å². The van der Waals surface area contributed by atoms with Crippen molar-refractivity contribution in [2.75, 3.05) is 0 Å². The molecule has 0 saturated heterocycles. The third-order valence-corrected chi connectivity index (χ3v) is 2.05. The maximum absolute atomic E-state index is 5.84. The Hall–Kier alpha value is -0.490. The lowest BCUT2D eigenvalue weighted by atomic mass is 10.1. The van der Waals surface area contributed by atoms with Crippen LogP contribution in [0, 0.1) is 6.92 Å². The van der Waals surface area contributed by atoms with Crippen molar-refractivity contribution in [3.8, 4) is 0 Å². The summed E-state index contributed by atoms with van der Waals surface area (Å²) in [5, 5.41) is 0.859. The number of rotatable bonds is 1. The maximum atomic E-state index is 5.84. The molecule has 0 spiro atoms. The van der Waals surface area contributed by atoms with Gasteiger partial charge in [-0.05, 0) is 30.5 Å². The second-order valence-electron chi connectivity index (χ2n) is 2.44. The summed E-state index contributed by atoms with van der Waals surface area (Å²) in [6, 6.07) is 6.15. The highest BCUT2D eigenvalue weighted by atomic mass is 35.5. The van der Waals surface area contributed by atoms with Gasteiger partial charge in [0.05, 0.1) is 0 Å². The molecule has 1 aromatic rings. The molecule has 62 valence electrons. The Morgan fingerprint density at radius 1 is 1.36 bits per heavy atom. The number of benzene rings is 1. The third-order valence-electron chi connectivity index (χ3n) is 1.63. The molecular formula is C10H15Cl. The van der Waals surface area contributed by atoms with E-state index in [2.05, 4.69) is 19.1 Å². The summed E-state index contributed by atoms with van der Waals surface area (Å²) in [5.74, 6) is 0. The Morgan fingerprint density at radius 2 is 2.00 bits per heavy atom. The van der Waals surface area contributed by atoms with Crippen molar-refractivity contribution in [1.82, 2.24) is 0 Å². The van der Waals surface area contributed by atoms with Crippen LogP contribution in [0.15, 0.2) is 18.2 Å². The minimum absolute atomic E-state index is 0. The normalized spacial score (nSPS) is 9.00. The molecule has 1 aromatic carbocycles. The summed E-state index contributed by atoms with van der Waals surface area (Å²) in [4.78, 5) is 0. The van der Waals surface area contributed by atoms with Crippen LogP contribution in [0.1, 0.15) is 25.5 Å². The molecule has 0 radical (unpaired) electrons. The minimum atomic E-state index is 0. The molecule has 0 N–H and O–H groups in total. The second-order valence-corrected chi connectivity index (χ2v) is 2.84. The predicted molar refractivity (Wildman–Crippen MR) is 52.3 cm³/mol. The number of hydrogen-bond donors (Lipinski definition) is 0. The number of aryl methyl sites for hydroxylation is 2. The van der Waals surface area contributed by atoms with Crippen molar-refractivity contribution in [2.24, 2.45) is 0 Å². The molecule has 0 heterocycles. The average molecular weight is 171 g/mol.